The van der Waals surface area contributed by atoms with Crippen molar-refractivity contribution in [3.63, 3.8) is 0 Å². The van der Waals surface area contributed by atoms with E-state index in [-0.39, 0.29) is 18.1 Å². The largest absolute Gasteiger partial charge is 0.435 e. The highest BCUT2D eigenvalue weighted by Gasteiger charge is 2.16. The zero-order valence-electron chi connectivity index (χ0n) is 16.4. The van der Waals surface area contributed by atoms with E-state index >= 15 is 0 Å². The second kappa shape index (κ2) is 10.9. The fraction of sp³-hybridized carbons (Fsp3) is 0.409. The van der Waals surface area contributed by atoms with Gasteiger partial charge in [-0.25, -0.2) is 0 Å². The Morgan fingerprint density at radius 2 is 1.59 bits per heavy atom. The number of hydrogen-bond donors (Lipinski definition) is 1. The second-order valence-electron chi connectivity index (χ2n) is 7.15. The summed E-state index contributed by atoms with van der Waals surface area (Å²) in [6, 6.07) is 16.6. The smallest absolute Gasteiger partial charge is 0.387 e. The minimum absolute atomic E-state index is 0.0739. The van der Waals surface area contributed by atoms with Gasteiger partial charge in [-0.15, -0.1) is 0 Å². The van der Waals surface area contributed by atoms with Gasteiger partial charge in [0.15, 0.2) is 0 Å². The maximum absolute atomic E-state index is 12.2. The molecule has 1 fully saturated rings. The van der Waals surface area contributed by atoms with Crippen molar-refractivity contribution in [3.05, 3.63) is 65.7 Å². The predicted molar refractivity (Wildman–Crippen MR) is 108 cm³/mol. The number of benzene rings is 2. The molecule has 0 spiro atoms. The lowest BCUT2D eigenvalue weighted by atomic mass is 10.1. The third-order valence-electron chi connectivity index (χ3n) is 4.98. The number of amides is 1. The molecule has 1 aliphatic rings. The van der Waals surface area contributed by atoms with E-state index in [2.05, 4.69) is 44.1 Å². The van der Waals surface area contributed by atoms with Crippen molar-refractivity contribution in [1.29, 1.82) is 0 Å². The van der Waals surface area contributed by atoms with Crippen LogP contribution in [0.3, 0.4) is 0 Å². The molecule has 2 aromatic rings. The third kappa shape index (κ3) is 7.44. The number of carbonyl (C=O) groups is 1. The SMILES string of the molecule is O=C(Cc1ccc(OC(F)F)cc1)NCCN1CCN(Cc2ccccc2)CC1. The first-order chi connectivity index (χ1) is 14.1. The van der Waals surface area contributed by atoms with Crippen molar-refractivity contribution in [2.24, 2.45) is 0 Å². The number of rotatable bonds is 9. The van der Waals surface area contributed by atoms with E-state index in [0.717, 1.165) is 44.8 Å². The first-order valence-corrected chi connectivity index (χ1v) is 9.87. The monoisotopic (exact) mass is 403 g/mol. The Balaban J connectivity index is 1.30. The van der Waals surface area contributed by atoms with E-state index in [1.807, 2.05) is 6.07 Å². The molecule has 0 saturated carbocycles. The van der Waals surface area contributed by atoms with E-state index < -0.39 is 6.61 Å². The molecule has 2 aromatic carbocycles. The molecular weight excluding hydrogens is 376 g/mol. The fourth-order valence-corrected chi connectivity index (χ4v) is 3.40. The minimum atomic E-state index is -2.84. The number of halogens is 2. The Morgan fingerprint density at radius 1 is 0.931 bits per heavy atom. The standard InChI is InChI=1S/C22H27F2N3O2/c23-22(24)29-20-8-6-18(7-9-20)16-21(28)25-10-11-26-12-14-27(15-13-26)17-19-4-2-1-3-5-19/h1-9,22H,10-17H2,(H,25,28). The van der Waals surface area contributed by atoms with Crippen molar-refractivity contribution in [2.45, 2.75) is 19.6 Å². The van der Waals surface area contributed by atoms with Crippen LogP contribution in [0.1, 0.15) is 11.1 Å². The molecule has 1 amide bonds. The van der Waals surface area contributed by atoms with Crippen LogP contribution in [-0.4, -0.2) is 61.6 Å². The Labute approximate surface area is 170 Å². The van der Waals surface area contributed by atoms with Crippen LogP contribution in [0.2, 0.25) is 0 Å². The lowest BCUT2D eigenvalue weighted by Gasteiger charge is -2.34. The van der Waals surface area contributed by atoms with Gasteiger partial charge < -0.3 is 10.1 Å². The average molecular weight is 403 g/mol. The van der Waals surface area contributed by atoms with Gasteiger partial charge in [-0.1, -0.05) is 42.5 Å². The average Bonchev–Trinajstić information content (AvgIpc) is 2.71. The van der Waals surface area contributed by atoms with E-state index in [0.29, 0.717) is 6.54 Å². The van der Waals surface area contributed by atoms with Gasteiger partial charge in [-0.2, -0.15) is 8.78 Å². The number of alkyl halides is 2. The van der Waals surface area contributed by atoms with Gasteiger partial charge in [0.25, 0.3) is 0 Å². The van der Waals surface area contributed by atoms with Gasteiger partial charge in [0.05, 0.1) is 6.42 Å². The van der Waals surface area contributed by atoms with Crippen molar-refractivity contribution >= 4 is 5.91 Å². The number of nitrogens with one attached hydrogen (secondary N) is 1. The predicted octanol–water partition coefficient (Wildman–Crippen LogP) is 2.76. The lowest BCUT2D eigenvalue weighted by molar-refractivity contribution is -0.120. The summed E-state index contributed by atoms with van der Waals surface area (Å²) in [5, 5.41) is 2.93. The van der Waals surface area contributed by atoms with Gasteiger partial charge in [-0.3, -0.25) is 14.6 Å². The van der Waals surface area contributed by atoms with Crippen LogP contribution in [0.25, 0.3) is 0 Å². The topological polar surface area (TPSA) is 44.8 Å². The quantitative estimate of drug-likeness (QED) is 0.699. The summed E-state index contributed by atoms with van der Waals surface area (Å²) in [5.74, 6) is 0.0193. The highest BCUT2D eigenvalue weighted by Crippen LogP contribution is 2.15. The summed E-state index contributed by atoms with van der Waals surface area (Å²) in [6.07, 6.45) is 0.222. The number of piperazine rings is 1. The molecule has 1 heterocycles. The molecule has 0 atom stereocenters. The number of carbonyl (C=O) groups excluding carboxylic acids is 1. The van der Waals surface area contributed by atoms with Gasteiger partial charge in [-0.05, 0) is 23.3 Å². The normalized spacial score (nSPS) is 15.4. The summed E-state index contributed by atoms with van der Waals surface area (Å²) in [4.78, 5) is 16.9. The minimum Gasteiger partial charge on any atom is -0.435 e. The van der Waals surface area contributed by atoms with E-state index in [4.69, 9.17) is 0 Å². The fourth-order valence-electron chi connectivity index (χ4n) is 3.40. The Bertz CT molecular complexity index is 748. The van der Waals surface area contributed by atoms with Crippen LogP contribution < -0.4 is 10.1 Å². The zero-order valence-corrected chi connectivity index (χ0v) is 16.4. The molecule has 156 valence electrons. The number of hydrogen-bond acceptors (Lipinski definition) is 4. The van der Waals surface area contributed by atoms with Crippen LogP contribution in [0.4, 0.5) is 8.78 Å². The van der Waals surface area contributed by atoms with Crippen molar-refractivity contribution in [3.8, 4) is 5.75 Å². The zero-order chi connectivity index (χ0) is 20.5. The first kappa shape index (κ1) is 21.2. The molecule has 0 unspecified atom stereocenters. The number of nitrogens with zero attached hydrogens (tertiary/aromatic N) is 2. The molecule has 5 nitrogen and oxygen atoms in total. The van der Waals surface area contributed by atoms with Crippen LogP contribution in [0.15, 0.2) is 54.6 Å². The number of ether oxygens (including phenoxy) is 1. The van der Waals surface area contributed by atoms with Gasteiger partial charge in [0, 0.05) is 45.8 Å². The van der Waals surface area contributed by atoms with Gasteiger partial charge in [0.2, 0.25) is 5.91 Å². The maximum atomic E-state index is 12.2. The summed E-state index contributed by atoms with van der Waals surface area (Å²) in [7, 11) is 0. The molecule has 29 heavy (non-hydrogen) atoms. The van der Waals surface area contributed by atoms with Gasteiger partial charge >= 0.3 is 6.61 Å². The Hall–Kier alpha value is -2.51. The molecular formula is C22H27F2N3O2. The van der Waals surface area contributed by atoms with Crippen molar-refractivity contribution in [2.75, 3.05) is 39.3 Å². The molecule has 3 rings (SSSR count). The van der Waals surface area contributed by atoms with Crippen LogP contribution in [0.5, 0.6) is 5.75 Å². The molecule has 1 aliphatic heterocycles. The third-order valence-corrected chi connectivity index (χ3v) is 4.98. The summed E-state index contributed by atoms with van der Waals surface area (Å²) in [5.41, 5.74) is 2.10. The van der Waals surface area contributed by atoms with Crippen LogP contribution >= 0.6 is 0 Å². The highest BCUT2D eigenvalue weighted by atomic mass is 19.3. The molecule has 1 saturated heterocycles. The van der Waals surface area contributed by atoms with Gasteiger partial charge in [0.1, 0.15) is 5.75 Å². The molecule has 0 radical (unpaired) electrons. The summed E-state index contributed by atoms with van der Waals surface area (Å²) in [6.45, 7) is 3.60. The maximum Gasteiger partial charge on any atom is 0.387 e. The van der Waals surface area contributed by atoms with E-state index in [9.17, 15) is 13.6 Å². The van der Waals surface area contributed by atoms with E-state index in [1.165, 1.54) is 17.7 Å². The Morgan fingerprint density at radius 3 is 2.24 bits per heavy atom. The van der Waals surface area contributed by atoms with Crippen molar-refractivity contribution < 1.29 is 18.3 Å². The first-order valence-electron chi connectivity index (χ1n) is 9.87. The lowest BCUT2D eigenvalue weighted by Crippen LogP contribution is -2.48. The van der Waals surface area contributed by atoms with Crippen molar-refractivity contribution in [1.82, 2.24) is 15.1 Å². The van der Waals surface area contributed by atoms with Crippen LogP contribution in [-0.2, 0) is 17.8 Å². The Kier molecular flexibility index (Phi) is 7.95. The summed E-state index contributed by atoms with van der Waals surface area (Å²) < 4.78 is 28.6. The second-order valence-corrected chi connectivity index (χ2v) is 7.15. The highest BCUT2D eigenvalue weighted by molar-refractivity contribution is 5.78. The molecule has 0 aromatic heterocycles. The molecule has 0 aliphatic carbocycles. The molecule has 7 heteroatoms. The molecule has 0 bridgehead atoms. The van der Waals surface area contributed by atoms with Crippen LogP contribution in [0, 0.1) is 0 Å². The summed E-state index contributed by atoms with van der Waals surface area (Å²) >= 11 is 0. The van der Waals surface area contributed by atoms with E-state index in [1.54, 1.807) is 12.1 Å². The molecule has 1 N–H and O–H groups in total.